The Morgan fingerprint density at radius 3 is 1.63 bits per heavy atom. The lowest BCUT2D eigenvalue weighted by molar-refractivity contribution is -0.870. The highest BCUT2D eigenvalue weighted by atomic mass is 31.2. The molecule has 0 saturated carbocycles. The molecule has 246 valence electrons. The van der Waals surface area contributed by atoms with Crippen LogP contribution in [-0.2, 0) is 18.4 Å². The Kier molecular flexibility index (Phi) is 25.6. The van der Waals surface area contributed by atoms with Gasteiger partial charge in [0.15, 0.2) is 0 Å². The lowest BCUT2D eigenvalue weighted by Gasteiger charge is -2.26. The monoisotopic (exact) mass is 607 g/mol. The van der Waals surface area contributed by atoms with Crippen molar-refractivity contribution >= 4 is 13.7 Å². The molecule has 3 unspecified atom stereocenters. The minimum absolute atomic E-state index is 0.0772. The molecule has 9 heteroatoms. The van der Waals surface area contributed by atoms with Gasteiger partial charge in [0.05, 0.1) is 39.9 Å². The molecule has 0 rings (SSSR count). The molecule has 0 heterocycles. The summed E-state index contributed by atoms with van der Waals surface area (Å²) in [6.07, 6.45) is 22.7. The fraction of sp³-hybridized carbons (Fsp3) is 0.969. The Bertz CT molecular complexity index is 659. The van der Waals surface area contributed by atoms with Crippen molar-refractivity contribution < 1.29 is 32.9 Å². The first kappa shape index (κ1) is 40.5. The molecule has 0 aliphatic carbocycles. The highest BCUT2D eigenvalue weighted by molar-refractivity contribution is 7.47. The maximum absolute atomic E-state index is 12.7. The average molecular weight is 608 g/mol. The maximum Gasteiger partial charge on any atom is 0.472 e. The number of amides is 1. The Morgan fingerprint density at radius 2 is 1.17 bits per heavy atom. The van der Waals surface area contributed by atoms with E-state index in [0.29, 0.717) is 23.9 Å². The molecule has 0 aliphatic rings. The van der Waals surface area contributed by atoms with Gasteiger partial charge in [0.1, 0.15) is 13.2 Å². The van der Waals surface area contributed by atoms with Crippen molar-refractivity contribution in [2.75, 3.05) is 40.9 Å². The third kappa shape index (κ3) is 28.1. The number of carbonyl (C=O) groups is 1. The zero-order chi connectivity index (χ0) is 30.8. The predicted octanol–water partition coefficient (Wildman–Crippen LogP) is 7.90. The van der Waals surface area contributed by atoms with E-state index in [4.69, 9.17) is 9.05 Å². The van der Waals surface area contributed by atoms with Gasteiger partial charge in [0, 0.05) is 6.42 Å². The Hall–Kier alpha value is -0.500. The molecule has 8 nitrogen and oxygen atoms in total. The van der Waals surface area contributed by atoms with E-state index in [1.165, 1.54) is 83.5 Å². The summed E-state index contributed by atoms with van der Waals surface area (Å²) in [5, 5.41) is 13.7. The third-order valence-corrected chi connectivity index (χ3v) is 8.59. The van der Waals surface area contributed by atoms with E-state index in [9.17, 15) is 19.4 Å². The molecule has 0 aromatic carbocycles. The number of likely N-dealkylation sites (N-methyl/N-ethyl adjacent to an activating group) is 1. The Morgan fingerprint density at radius 1 is 0.732 bits per heavy atom. The van der Waals surface area contributed by atoms with Gasteiger partial charge in [-0.05, 0) is 12.8 Å². The first-order valence-corrected chi connectivity index (χ1v) is 18.4. The van der Waals surface area contributed by atoms with Gasteiger partial charge in [-0.25, -0.2) is 4.57 Å². The van der Waals surface area contributed by atoms with Gasteiger partial charge in [0.25, 0.3) is 0 Å². The van der Waals surface area contributed by atoms with Gasteiger partial charge < -0.3 is 19.8 Å². The quantitative estimate of drug-likeness (QED) is 0.0435. The molecule has 0 saturated heterocycles. The van der Waals surface area contributed by atoms with Crippen LogP contribution in [0.1, 0.15) is 149 Å². The van der Waals surface area contributed by atoms with Crippen molar-refractivity contribution in [1.82, 2.24) is 5.32 Å². The van der Waals surface area contributed by atoms with Gasteiger partial charge in [-0.2, -0.15) is 0 Å². The van der Waals surface area contributed by atoms with Crippen molar-refractivity contribution in [2.24, 2.45) is 0 Å². The fourth-order valence-corrected chi connectivity index (χ4v) is 5.54. The van der Waals surface area contributed by atoms with Crippen LogP contribution in [0.15, 0.2) is 0 Å². The van der Waals surface area contributed by atoms with Crippen LogP contribution < -0.4 is 5.32 Å². The summed E-state index contributed by atoms with van der Waals surface area (Å²) < 4.78 is 23.3. The summed E-state index contributed by atoms with van der Waals surface area (Å²) >= 11 is 0. The van der Waals surface area contributed by atoms with Gasteiger partial charge in [-0.15, -0.1) is 0 Å². The topological polar surface area (TPSA) is 105 Å². The van der Waals surface area contributed by atoms with Gasteiger partial charge in [-0.3, -0.25) is 13.8 Å². The molecule has 1 amide bonds. The number of unbranched alkanes of at least 4 members (excludes halogenated alkanes) is 17. The maximum atomic E-state index is 12.7. The highest BCUT2D eigenvalue weighted by Crippen LogP contribution is 2.43. The summed E-state index contributed by atoms with van der Waals surface area (Å²) in [5.74, 6) is -0.150. The van der Waals surface area contributed by atoms with Crippen molar-refractivity contribution in [3.05, 3.63) is 0 Å². The van der Waals surface area contributed by atoms with Crippen molar-refractivity contribution in [1.29, 1.82) is 0 Å². The number of phosphoric ester groups is 1. The number of hydrogen-bond donors (Lipinski definition) is 3. The molecule has 0 aromatic rings. The zero-order valence-electron chi connectivity index (χ0n) is 27.5. The van der Waals surface area contributed by atoms with E-state index in [2.05, 4.69) is 19.2 Å². The number of phosphoric acid groups is 1. The number of hydrogen-bond acceptors (Lipinski definition) is 5. The summed E-state index contributed by atoms with van der Waals surface area (Å²) in [5.41, 5.74) is 0. The van der Waals surface area contributed by atoms with Crippen molar-refractivity contribution in [3.8, 4) is 0 Å². The number of rotatable bonds is 30. The molecule has 0 aromatic heterocycles. The van der Waals surface area contributed by atoms with Crippen LogP contribution >= 0.6 is 7.82 Å². The molecule has 0 radical (unpaired) electrons. The van der Waals surface area contributed by atoms with E-state index in [1.807, 2.05) is 21.1 Å². The van der Waals surface area contributed by atoms with E-state index in [0.717, 1.165) is 38.5 Å². The largest absolute Gasteiger partial charge is 0.472 e. The Labute approximate surface area is 253 Å². The minimum atomic E-state index is -4.29. The second-order valence-electron chi connectivity index (χ2n) is 12.9. The van der Waals surface area contributed by atoms with Gasteiger partial charge in [-0.1, -0.05) is 129 Å². The lowest BCUT2D eigenvalue weighted by atomic mass is 10.0. The number of carbonyl (C=O) groups excluding carboxylic acids is 1. The summed E-state index contributed by atoms with van der Waals surface area (Å²) in [6.45, 7) is 4.81. The minimum Gasteiger partial charge on any atom is -0.391 e. The average Bonchev–Trinajstić information content (AvgIpc) is 2.90. The van der Waals surface area contributed by atoms with Crippen LogP contribution in [0.5, 0.6) is 0 Å². The van der Waals surface area contributed by atoms with E-state index in [1.54, 1.807) is 0 Å². The van der Waals surface area contributed by atoms with Crippen LogP contribution in [-0.4, -0.2) is 73.4 Å². The third-order valence-electron chi connectivity index (χ3n) is 7.61. The molecule has 0 spiro atoms. The van der Waals surface area contributed by atoms with Crippen molar-refractivity contribution in [3.63, 3.8) is 0 Å². The zero-order valence-corrected chi connectivity index (χ0v) is 28.4. The van der Waals surface area contributed by atoms with Crippen LogP contribution in [0.25, 0.3) is 0 Å². The standard InChI is InChI=1S/C32H67N2O6P/c1-6-8-10-12-14-15-16-17-18-20-22-24-26-32(36)33-30(31(35)25-23-21-19-13-11-9-7-2)29-40-41(37,38)39-28-27-34(3,4)5/h30-31,35H,6-29H2,1-5H3,(H-,33,36,37,38)/p+1. The number of nitrogens with zero attached hydrogens (tertiary/aromatic N) is 1. The van der Waals surface area contributed by atoms with Crippen molar-refractivity contribution in [2.45, 2.75) is 161 Å². The predicted molar refractivity (Wildman–Crippen MR) is 171 cm³/mol. The van der Waals surface area contributed by atoms with Crippen LogP contribution in [0.2, 0.25) is 0 Å². The first-order chi connectivity index (χ1) is 19.5. The number of aliphatic hydroxyl groups is 1. The second kappa shape index (κ2) is 25.9. The summed E-state index contributed by atoms with van der Waals surface area (Å²) in [6, 6.07) is -0.748. The number of aliphatic hydroxyl groups excluding tert-OH is 1. The molecule has 0 bridgehead atoms. The molecular weight excluding hydrogens is 539 g/mol. The normalized spacial score (nSPS) is 15.0. The summed E-state index contributed by atoms with van der Waals surface area (Å²) in [4.78, 5) is 22.8. The van der Waals surface area contributed by atoms with E-state index in [-0.39, 0.29) is 19.1 Å². The first-order valence-electron chi connectivity index (χ1n) is 16.9. The summed E-state index contributed by atoms with van der Waals surface area (Å²) in [7, 11) is 1.62. The number of quaternary nitrogens is 1. The molecule has 3 N–H and O–H groups in total. The smallest absolute Gasteiger partial charge is 0.391 e. The molecule has 41 heavy (non-hydrogen) atoms. The van der Waals surface area contributed by atoms with Crippen LogP contribution in [0, 0.1) is 0 Å². The van der Waals surface area contributed by atoms with Gasteiger partial charge >= 0.3 is 7.82 Å². The van der Waals surface area contributed by atoms with Crippen LogP contribution in [0.3, 0.4) is 0 Å². The molecular formula is C32H68N2O6P+. The highest BCUT2D eigenvalue weighted by Gasteiger charge is 2.28. The second-order valence-corrected chi connectivity index (χ2v) is 14.4. The fourth-order valence-electron chi connectivity index (χ4n) is 4.81. The number of nitrogens with one attached hydrogen (secondary N) is 1. The lowest BCUT2D eigenvalue weighted by Crippen LogP contribution is -2.46. The SMILES string of the molecule is CCCCCCCCCCCCCCC(=O)NC(COP(=O)(O)OCC[N+](C)(C)C)C(O)CCCCCCCCC. The molecule has 0 fully saturated rings. The molecule has 0 aliphatic heterocycles. The van der Waals surface area contributed by atoms with Gasteiger partial charge in [0.2, 0.25) is 5.91 Å². The van der Waals surface area contributed by atoms with E-state index >= 15 is 0 Å². The Balaban J connectivity index is 4.47. The van der Waals surface area contributed by atoms with E-state index < -0.39 is 20.0 Å². The van der Waals surface area contributed by atoms with Crippen LogP contribution in [0.4, 0.5) is 0 Å². The molecule has 3 atom stereocenters.